The van der Waals surface area contributed by atoms with E-state index in [4.69, 9.17) is 10.5 Å². The molecule has 0 radical (unpaired) electrons. The van der Waals surface area contributed by atoms with Gasteiger partial charge in [-0.1, -0.05) is 0 Å². The molecule has 1 rings (SSSR count). The fraction of sp³-hybridized carbons (Fsp3) is 0.818. The van der Waals surface area contributed by atoms with E-state index in [0.29, 0.717) is 26.2 Å². The first-order valence-electron chi connectivity index (χ1n) is 5.88. The van der Waals surface area contributed by atoms with E-state index in [9.17, 15) is 9.59 Å². The van der Waals surface area contributed by atoms with Gasteiger partial charge in [0.1, 0.15) is 6.61 Å². The largest absolute Gasteiger partial charge is 0.372 e. The number of rotatable bonds is 4. The van der Waals surface area contributed by atoms with Gasteiger partial charge in [0.15, 0.2) is 0 Å². The van der Waals surface area contributed by atoms with E-state index in [0.717, 1.165) is 6.54 Å². The Morgan fingerprint density at radius 1 is 1.35 bits per heavy atom. The number of amides is 2. The summed E-state index contributed by atoms with van der Waals surface area (Å²) in [5.41, 5.74) is 5.33. The number of nitrogens with zero attached hydrogens (tertiary/aromatic N) is 2. The first-order valence-corrected chi connectivity index (χ1v) is 5.88. The quantitative estimate of drug-likeness (QED) is 0.680. The van der Waals surface area contributed by atoms with Crippen LogP contribution in [0.3, 0.4) is 0 Å². The minimum atomic E-state index is -0.354. The van der Waals surface area contributed by atoms with Gasteiger partial charge in [-0.2, -0.15) is 0 Å². The van der Waals surface area contributed by atoms with E-state index in [-0.39, 0.29) is 24.3 Å². The van der Waals surface area contributed by atoms with Crippen LogP contribution in [0.1, 0.15) is 6.92 Å². The highest BCUT2D eigenvalue weighted by molar-refractivity contribution is 5.80. The first-order chi connectivity index (χ1) is 8.04. The lowest BCUT2D eigenvalue weighted by molar-refractivity contribution is -0.136. The van der Waals surface area contributed by atoms with Crippen molar-refractivity contribution < 1.29 is 14.3 Å². The predicted octanol–water partition coefficient (Wildman–Crippen LogP) is -1.10. The Kier molecular flexibility index (Phi) is 5.37. The second kappa shape index (κ2) is 6.56. The van der Waals surface area contributed by atoms with Gasteiger partial charge in [-0.3, -0.25) is 9.59 Å². The van der Waals surface area contributed by atoms with Crippen LogP contribution < -0.4 is 5.73 Å². The molecule has 0 saturated carbocycles. The SMILES string of the molecule is CCOCC(=O)N1CCN(C)C[C@H](C(N)=O)C1. The van der Waals surface area contributed by atoms with Crippen molar-refractivity contribution in [3.63, 3.8) is 0 Å². The molecule has 17 heavy (non-hydrogen) atoms. The number of carbonyl (C=O) groups is 2. The molecule has 1 aliphatic heterocycles. The zero-order valence-corrected chi connectivity index (χ0v) is 10.5. The number of nitrogens with two attached hydrogens (primary N) is 1. The molecule has 0 bridgehead atoms. The normalized spacial score (nSPS) is 22.2. The maximum Gasteiger partial charge on any atom is 0.248 e. The van der Waals surface area contributed by atoms with Crippen LogP contribution >= 0.6 is 0 Å². The van der Waals surface area contributed by atoms with Crippen LogP contribution in [0, 0.1) is 5.92 Å². The molecule has 0 aliphatic carbocycles. The summed E-state index contributed by atoms with van der Waals surface area (Å²) in [4.78, 5) is 26.8. The van der Waals surface area contributed by atoms with Crippen LogP contribution in [0.2, 0.25) is 0 Å². The number of ether oxygens (including phenoxy) is 1. The van der Waals surface area contributed by atoms with Crippen LogP contribution in [0.25, 0.3) is 0 Å². The van der Waals surface area contributed by atoms with Crippen LogP contribution in [0.4, 0.5) is 0 Å². The number of likely N-dealkylation sites (N-methyl/N-ethyl adjacent to an activating group) is 1. The maximum absolute atomic E-state index is 11.8. The Hall–Kier alpha value is -1.14. The Labute approximate surface area is 102 Å². The van der Waals surface area contributed by atoms with Crippen LogP contribution in [0.5, 0.6) is 0 Å². The van der Waals surface area contributed by atoms with Gasteiger partial charge in [-0.25, -0.2) is 0 Å². The minimum absolute atomic E-state index is 0.0751. The third-order valence-corrected chi connectivity index (χ3v) is 2.91. The lowest BCUT2D eigenvalue weighted by Gasteiger charge is -2.22. The van der Waals surface area contributed by atoms with Gasteiger partial charge in [0.05, 0.1) is 5.92 Å². The highest BCUT2D eigenvalue weighted by Crippen LogP contribution is 2.08. The molecule has 6 nitrogen and oxygen atoms in total. The smallest absolute Gasteiger partial charge is 0.248 e. The molecule has 98 valence electrons. The lowest BCUT2D eigenvalue weighted by Crippen LogP contribution is -2.41. The van der Waals surface area contributed by atoms with E-state index in [1.165, 1.54) is 0 Å². The van der Waals surface area contributed by atoms with Gasteiger partial charge in [0.2, 0.25) is 11.8 Å². The monoisotopic (exact) mass is 243 g/mol. The number of hydrogen-bond donors (Lipinski definition) is 1. The molecule has 0 aromatic rings. The average Bonchev–Trinajstić information content (AvgIpc) is 2.48. The van der Waals surface area contributed by atoms with Gasteiger partial charge in [-0.15, -0.1) is 0 Å². The van der Waals surface area contributed by atoms with Crippen molar-refractivity contribution in [1.29, 1.82) is 0 Å². The molecule has 0 aromatic heterocycles. The highest BCUT2D eigenvalue weighted by Gasteiger charge is 2.27. The summed E-state index contributed by atoms with van der Waals surface area (Å²) < 4.78 is 5.09. The van der Waals surface area contributed by atoms with Crippen molar-refractivity contribution >= 4 is 11.8 Å². The molecule has 1 fully saturated rings. The van der Waals surface area contributed by atoms with Gasteiger partial charge >= 0.3 is 0 Å². The maximum atomic E-state index is 11.8. The van der Waals surface area contributed by atoms with Gasteiger partial charge in [0, 0.05) is 32.8 Å². The Bertz CT molecular complexity index is 283. The van der Waals surface area contributed by atoms with E-state index >= 15 is 0 Å². The standard InChI is InChI=1S/C11H21N3O3/c1-3-17-8-10(15)14-5-4-13(2)6-9(7-14)11(12)16/h9H,3-8H2,1-2H3,(H2,12,16)/t9-/m0/s1. The van der Waals surface area contributed by atoms with Crippen molar-refractivity contribution in [2.45, 2.75) is 6.92 Å². The van der Waals surface area contributed by atoms with Crippen molar-refractivity contribution in [3.05, 3.63) is 0 Å². The summed E-state index contributed by atoms with van der Waals surface area (Å²) in [6, 6.07) is 0. The molecule has 6 heteroatoms. The Balaban J connectivity index is 2.59. The van der Waals surface area contributed by atoms with Gasteiger partial charge in [0.25, 0.3) is 0 Å². The highest BCUT2D eigenvalue weighted by atomic mass is 16.5. The topological polar surface area (TPSA) is 75.9 Å². The molecule has 0 aromatic carbocycles. The van der Waals surface area contributed by atoms with Crippen LogP contribution in [-0.2, 0) is 14.3 Å². The second-order valence-corrected chi connectivity index (χ2v) is 4.34. The first kappa shape index (κ1) is 13.9. The Morgan fingerprint density at radius 3 is 2.65 bits per heavy atom. The van der Waals surface area contributed by atoms with Crippen molar-refractivity contribution in [2.75, 3.05) is 46.4 Å². The Morgan fingerprint density at radius 2 is 2.06 bits per heavy atom. The fourth-order valence-electron chi connectivity index (χ4n) is 1.86. The third kappa shape index (κ3) is 4.32. The van der Waals surface area contributed by atoms with Crippen molar-refractivity contribution in [3.8, 4) is 0 Å². The molecular weight excluding hydrogens is 222 g/mol. The van der Waals surface area contributed by atoms with Crippen LogP contribution in [0.15, 0.2) is 0 Å². The molecule has 0 unspecified atom stereocenters. The average molecular weight is 243 g/mol. The summed E-state index contributed by atoms with van der Waals surface area (Å²) in [5.74, 6) is -0.727. The summed E-state index contributed by atoms with van der Waals surface area (Å²) in [6.07, 6.45) is 0. The molecule has 0 spiro atoms. The lowest BCUT2D eigenvalue weighted by atomic mass is 10.1. The predicted molar refractivity (Wildman–Crippen MR) is 63.3 cm³/mol. The molecular formula is C11H21N3O3. The molecule has 2 amide bonds. The summed E-state index contributed by atoms with van der Waals surface area (Å²) in [7, 11) is 1.92. The zero-order valence-electron chi connectivity index (χ0n) is 10.5. The van der Waals surface area contributed by atoms with E-state index in [1.54, 1.807) is 4.90 Å². The van der Waals surface area contributed by atoms with E-state index in [2.05, 4.69) is 0 Å². The van der Waals surface area contributed by atoms with Gasteiger partial charge in [-0.05, 0) is 14.0 Å². The second-order valence-electron chi connectivity index (χ2n) is 4.34. The molecule has 1 saturated heterocycles. The summed E-state index contributed by atoms with van der Waals surface area (Å²) >= 11 is 0. The summed E-state index contributed by atoms with van der Waals surface area (Å²) in [6.45, 7) is 4.80. The van der Waals surface area contributed by atoms with Crippen molar-refractivity contribution in [1.82, 2.24) is 9.80 Å². The molecule has 1 heterocycles. The molecule has 2 N–H and O–H groups in total. The molecule has 1 aliphatic rings. The minimum Gasteiger partial charge on any atom is -0.372 e. The number of carbonyl (C=O) groups excluding carboxylic acids is 2. The third-order valence-electron chi connectivity index (χ3n) is 2.91. The van der Waals surface area contributed by atoms with Gasteiger partial charge < -0.3 is 20.3 Å². The number of primary amides is 1. The van der Waals surface area contributed by atoms with Crippen molar-refractivity contribution in [2.24, 2.45) is 11.7 Å². The van der Waals surface area contributed by atoms with E-state index in [1.807, 2.05) is 18.9 Å². The number of hydrogen-bond acceptors (Lipinski definition) is 4. The summed E-state index contributed by atoms with van der Waals surface area (Å²) in [5, 5.41) is 0. The molecule has 1 atom stereocenters. The van der Waals surface area contributed by atoms with Crippen LogP contribution in [-0.4, -0.2) is 68.1 Å². The zero-order chi connectivity index (χ0) is 12.8. The van der Waals surface area contributed by atoms with E-state index < -0.39 is 0 Å². The fourth-order valence-corrected chi connectivity index (χ4v) is 1.86.